The summed E-state index contributed by atoms with van der Waals surface area (Å²) < 4.78 is 12.9. The minimum absolute atomic E-state index is 0.0450. The molecule has 0 aromatic heterocycles. The fourth-order valence-corrected chi connectivity index (χ4v) is 1.39. The summed E-state index contributed by atoms with van der Waals surface area (Å²) in [5.74, 6) is -1.14. The first-order valence-electron chi connectivity index (χ1n) is 5.14. The summed E-state index contributed by atoms with van der Waals surface area (Å²) in [5, 5.41) is 3.06. The van der Waals surface area contributed by atoms with Gasteiger partial charge in [0.2, 0.25) is 0 Å². The molecule has 4 nitrogen and oxygen atoms in total. The molecule has 5 heteroatoms. The number of carbonyl (C=O) groups is 1. The largest absolute Gasteiger partial charge is 0.380 e. The summed E-state index contributed by atoms with van der Waals surface area (Å²) in [5.41, 5.74) is 11.4. The Morgan fingerprint density at radius 1 is 1.56 bits per heavy atom. The lowest BCUT2D eigenvalue weighted by molar-refractivity contribution is 0.100. The van der Waals surface area contributed by atoms with Crippen molar-refractivity contribution in [3.8, 4) is 0 Å². The van der Waals surface area contributed by atoms with Gasteiger partial charge < -0.3 is 16.8 Å². The number of hydrogen-bond acceptors (Lipinski definition) is 3. The molecule has 0 saturated carbocycles. The van der Waals surface area contributed by atoms with E-state index >= 15 is 0 Å². The van der Waals surface area contributed by atoms with E-state index in [1.165, 1.54) is 12.1 Å². The molecule has 88 valence electrons. The van der Waals surface area contributed by atoms with E-state index < -0.39 is 11.7 Å². The van der Waals surface area contributed by atoms with Crippen molar-refractivity contribution in [2.45, 2.75) is 19.4 Å². The van der Waals surface area contributed by atoms with Crippen molar-refractivity contribution in [2.75, 3.05) is 11.9 Å². The molecule has 0 bridgehead atoms. The summed E-state index contributed by atoms with van der Waals surface area (Å²) in [6, 6.07) is 3.93. The predicted octanol–water partition coefficient (Wildman–Crippen LogP) is 1.07. The van der Waals surface area contributed by atoms with Gasteiger partial charge >= 0.3 is 0 Å². The number of halogens is 1. The van der Waals surface area contributed by atoms with Gasteiger partial charge in [-0.2, -0.15) is 0 Å². The zero-order chi connectivity index (χ0) is 12.1. The highest BCUT2D eigenvalue weighted by Crippen LogP contribution is 2.17. The van der Waals surface area contributed by atoms with Crippen LogP contribution in [0.1, 0.15) is 23.7 Å². The number of hydrogen-bond donors (Lipinski definition) is 3. The van der Waals surface area contributed by atoms with Gasteiger partial charge in [-0.15, -0.1) is 0 Å². The summed E-state index contributed by atoms with van der Waals surface area (Å²) in [6.45, 7) is 2.41. The van der Waals surface area contributed by atoms with Gasteiger partial charge in [-0.1, -0.05) is 6.92 Å². The van der Waals surface area contributed by atoms with Crippen LogP contribution in [0.25, 0.3) is 0 Å². The standard InChI is InChI=1S/C11H16FN3O/c1-2-8(6-13)15-10-4-3-7(12)5-9(10)11(14)16/h3-5,8,15H,2,6,13H2,1H3,(H2,14,16). The molecule has 0 spiro atoms. The SMILES string of the molecule is CCC(CN)Nc1ccc(F)cc1C(N)=O. The average Bonchev–Trinajstić information content (AvgIpc) is 2.27. The Bertz CT molecular complexity index is 377. The van der Waals surface area contributed by atoms with E-state index in [0.29, 0.717) is 12.2 Å². The Balaban J connectivity index is 2.98. The van der Waals surface area contributed by atoms with Gasteiger partial charge in [0.25, 0.3) is 5.91 Å². The number of rotatable bonds is 5. The van der Waals surface area contributed by atoms with Crippen LogP contribution in [-0.2, 0) is 0 Å². The molecule has 1 unspecified atom stereocenters. The molecule has 0 fully saturated rings. The lowest BCUT2D eigenvalue weighted by atomic mass is 10.1. The molecule has 1 atom stereocenters. The van der Waals surface area contributed by atoms with Gasteiger partial charge in [0, 0.05) is 18.3 Å². The topological polar surface area (TPSA) is 81.1 Å². The number of benzene rings is 1. The molecule has 1 amide bonds. The number of anilines is 1. The third-order valence-electron chi connectivity index (χ3n) is 2.38. The Hall–Kier alpha value is -1.62. The summed E-state index contributed by atoms with van der Waals surface area (Å²) >= 11 is 0. The fourth-order valence-electron chi connectivity index (χ4n) is 1.39. The first-order chi connectivity index (χ1) is 7.58. The first kappa shape index (κ1) is 12.4. The summed E-state index contributed by atoms with van der Waals surface area (Å²) in [6.07, 6.45) is 0.812. The third-order valence-corrected chi connectivity index (χ3v) is 2.38. The summed E-state index contributed by atoms with van der Waals surface area (Å²) in [4.78, 5) is 11.1. The van der Waals surface area contributed by atoms with Gasteiger partial charge in [0.15, 0.2) is 0 Å². The van der Waals surface area contributed by atoms with Crippen molar-refractivity contribution in [3.05, 3.63) is 29.6 Å². The Morgan fingerprint density at radius 3 is 2.75 bits per heavy atom. The quantitative estimate of drug-likeness (QED) is 0.701. The number of amides is 1. The van der Waals surface area contributed by atoms with Crippen LogP contribution < -0.4 is 16.8 Å². The molecule has 0 saturated heterocycles. The number of primary amides is 1. The molecule has 0 aliphatic rings. The second-order valence-electron chi connectivity index (χ2n) is 3.54. The molecule has 0 radical (unpaired) electrons. The highest BCUT2D eigenvalue weighted by atomic mass is 19.1. The van der Waals surface area contributed by atoms with Crippen molar-refractivity contribution < 1.29 is 9.18 Å². The smallest absolute Gasteiger partial charge is 0.250 e. The van der Waals surface area contributed by atoms with E-state index in [1.54, 1.807) is 0 Å². The van der Waals surface area contributed by atoms with Gasteiger partial charge in [0.1, 0.15) is 5.82 Å². The van der Waals surface area contributed by atoms with E-state index in [2.05, 4.69) is 5.32 Å². The average molecular weight is 225 g/mol. The second kappa shape index (κ2) is 5.46. The number of nitrogens with one attached hydrogen (secondary N) is 1. The Kier molecular flexibility index (Phi) is 4.25. The highest BCUT2D eigenvalue weighted by molar-refractivity contribution is 5.98. The summed E-state index contributed by atoms with van der Waals surface area (Å²) in [7, 11) is 0. The van der Waals surface area contributed by atoms with Crippen molar-refractivity contribution in [1.29, 1.82) is 0 Å². The van der Waals surface area contributed by atoms with Crippen LogP contribution in [-0.4, -0.2) is 18.5 Å². The van der Waals surface area contributed by atoms with Crippen LogP contribution in [0.4, 0.5) is 10.1 Å². The van der Waals surface area contributed by atoms with E-state index in [4.69, 9.17) is 11.5 Å². The van der Waals surface area contributed by atoms with E-state index in [-0.39, 0.29) is 11.6 Å². The molecule has 1 aromatic carbocycles. The van der Waals surface area contributed by atoms with E-state index in [1.807, 2.05) is 6.92 Å². The zero-order valence-electron chi connectivity index (χ0n) is 9.16. The maximum atomic E-state index is 12.9. The van der Waals surface area contributed by atoms with Crippen molar-refractivity contribution in [3.63, 3.8) is 0 Å². The molecular formula is C11H16FN3O. The van der Waals surface area contributed by atoms with Gasteiger partial charge in [0.05, 0.1) is 5.56 Å². The zero-order valence-corrected chi connectivity index (χ0v) is 9.16. The highest BCUT2D eigenvalue weighted by Gasteiger charge is 2.12. The van der Waals surface area contributed by atoms with Crippen molar-refractivity contribution in [1.82, 2.24) is 0 Å². The Morgan fingerprint density at radius 2 is 2.25 bits per heavy atom. The fraction of sp³-hybridized carbons (Fsp3) is 0.364. The maximum Gasteiger partial charge on any atom is 0.250 e. The molecule has 0 aliphatic heterocycles. The van der Waals surface area contributed by atoms with Gasteiger partial charge in [-0.05, 0) is 24.6 Å². The van der Waals surface area contributed by atoms with Crippen molar-refractivity contribution in [2.24, 2.45) is 11.5 Å². The molecular weight excluding hydrogens is 209 g/mol. The molecule has 0 aliphatic carbocycles. The number of nitrogens with two attached hydrogens (primary N) is 2. The lowest BCUT2D eigenvalue weighted by Gasteiger charge is -2.17. The first-order valence-corrected chi connectivity index (χ1v) is 5.14. The molecule has 16 heavy (non-hydrogen) atoms. The normalized spacial score (nSPS) is 12.2. The van der Waals surface area contributed by atoms with Crippen molar-refractivity contribution >= 4 is 11.6 Å². The van der Waals surface area contributed by atoms with Crippen LogP contribution in [0.2, 0.25) is 0 Å². The maximum absolute atomic E-state index is 12.9. The van der Waals surface area contributed by atoms with Crippen LogP contribution in [0.15, 0.2) is 18.2 Å². The lowest BCUT2D eigenvalue weighted by Crippen LogP contribution is -2.29. The second-order valence-corrected chi connectivity index (χ2v) is 3.54. The minimum atomic E-state index is -0.658. The molecule has 1 aromatic rings. The minimum Gasteiger partial charge on any atom is -0.380 e. The third kappa shape index (κ3) is 2.93. The van der Waals surface area contributed by atoms with Crippen LogP contribution >= 0.6 is 0 Å². The molecule has 1 rings (SSSR count). The number of carbonyl (C=O) groups excluding carboxylic acids is 1. The molecule has 0 heterocycles. The van der Waals surface area contributed by atoms with Crippen LogP contribution in [0, 0.1) is 5.82 Å². The van der Waals surface area contributed by atoms with E-state index in [9.17, 15) is 9.18 Å². The van der Waals surface area contributed by atoms with Gasteiger partial charge in [-0.25, -0.2) is 4.39 Å². The molecule has 5 N–H and O–H groups in total. The Labute approximate surface area is 93.8 Å². The van der Waals surface area contributed by atoms with Crippen LogP contribution in [0.3, 0.4) is 0 Å². The van der Waals surface area contributed by atoms with E-state index in [0.717, 1.165) is 12.5 Å². The van der Waals surface area contributed by atoms with Gasteiger partial charge in [-0.3, -0.25) is 4.79 Å². The predicted molar refractivity (Wildman–Crippen MR) is 61.7 cm³/mol. The monoisotopic (exact) mass is 225 g/mol. The van der Waals surface area contributed by atoms with Crippen LogP contribution in [0.5, 0.6) is 0 Å².